The first-order valence-corrected chi connectivity index (χ1v) is 3.76. The summed E-state index contributed by atoms with van der Waals surface area (Å²) in [6.07, 6.45) is -0.362. The first-order chi connectivity index (χ1) is 6.54. The van der Waals surface area contributed by atoms with E-state index in [1.54, 1.807) is 0 Å². The predicted molar refractivity (Wildman–Crippen MR) is 45.3 cm³/mol. The van der Waals surface area contributed by atoms with Gasteiger partial charge in [0.25, 0.3) is 0 Å². The SMILES string of the molecule is CO/C=C\c1ccc(C(F)(F)F)nc1. The molecule has 0 unspecified atom stereocenters. The van der Waals surface area contributed by atoms with Gasteiger partial charge < -0.3 is 4.74 Å². The minimum atomic E-state index is -4.39. The maximum Gasteiger partial charge on any atom is 0.433 e. The van der Waals surface area contributed by atoms with Crippen LogP contribution in [0.4, 0.5) is 13.2 Å². The second-order valence-electron chi connectivity index (χ2n) is 2.51. The molecule has 0 amide bonds. The minimum absolute atomic E-state index is 0.555. The molecule has 0 aromatic carbocycles. The highest BCUT2D eigenvalue weighted by Crippen LogP contribution is 2.27. The first-order valence-electron chi connectivity index (χ1n) is 3.76. The first kappa shape index (κ1) is 10.6. The Balaban J connectivity index is 2.84. The summed E-state index contributed by atoms with van der Waals surface area (Å²) in [7, 11) is 1.45. The van der Waals surface area contributed by atoms with Gasteiger partial charge in [0, 0.05) is 6.20 Å². The van der Waals surface area contributed by atoms with Gasteiger partial charge in [0.15, 0.2) is 0 Å². The molecule has 1 heterocycles. The zero-order valence-electron chi connectivity index (χ0n) is 7.38. The lowest BCUT2D eigenvalue weighted by Crippen LogP contribution is -2.07. The molecule has 76 valence electrons. The van der Waals surface area contributed by atoms with Crippen LogP contribution in [0.3, 0.4) is 0 Å². The van der Waals surface area contributed by atoms with Gasteiger partial charge in [-0.2, -0.15) is 13.2 Å². The Hall–Kier alpha value is -1.52. The average Bonchev–Trinajstić information content (AvgIpc) is 2.14. The van der Waals surface area contributed by atoms with E-state index in [4.69, 9.17) is 0 Å². The van der Waals surface area contributed by atoms with Crippen LogP contribution in [0.25, 0.3) is 6.08 Å². The smallest absolute Gasteiger partial charge is 0.433 e. The Morgan fingerprint density at radius 2 is 2.07 bits per heavy atom. The van der Waals surface area contributed by atoms with E-state index in [2.05, 4.69) is 9.72 Å². The predicted octanol–water partition coefficient (Wildman–Crippen LogP) is 2.72. The standard InChI is InChI=1S/C9H8F3NO/c1-14-5-4-7-2-3-8(13-6-7)9(10,11)12/h2-6H,1H3/b5-4-. The van der Waals surface area contributed by atoms with Crippen LogP contribution in [-0.4, -0.2) is 12.1 Å². The third kappa shape index (κ3) is 2.76. The molecule has 0 N–H and O–H groups in total. The molecule has 1 rings (SSSR count). The molecular formula is C9H8F3NO. The van der Waals surface area contributed by atoms with Crippen molar-refractivity contribution in [2.24, 2.45) is 0 Å². The summed E-state index contributed by atoms with van der Waals surface area (Å²) in [5.74, 6) is 0. The normalized spacial score (nSPS) is 12.0. The minimum Gasteiger partial charge on any atom is -0.504 e. The molecule has 0 saturated heterocycles. The molecular weight excluding hydrogens is 195 g/mol. The van der Waals surface area contributed by atoms with Crippen molar-refractivity contribution < 1.29 is 17.9 Å². The van der Waals surface area contributed by atoms with E-state index < -0.39 is 11.9 Å². The lowest BCUT2D eigenvalue weighted by Gasteiger charge is -2.04. The van der Waals surface area contributed by atoms with Crippen molar-refractivity contribution in [3.63, 3.8) is 0 Å². The summed E-state index contributed by atoms with van der Waals surface area (Å²) in [5.41, 5.74) is -0.341. The number of aromatic nitrogens is 1. The zero-order valence-corrected chi connectivity index (χ0v) is 7.38. The second-order valence-corrected chi connectivity index (χ2v) is 2.51. The van der Waals surface area contributed by atoms with Crippen LogP contribution in [-0.2, 0) is 10.9 Å². The van der Waals surface area contributed by atoms with Gasteiger partial charge in [0.1, 0.15) is 5.69 Å². The van der Waals surface area contributed by atoms with E-state index in [0.717, 1.165) is 12.3 Å². The fourth-order valence-electron chi connectivity index (χ4n) is 0.818. The van der Waals surface area contributed by atoms with Gasteiger partial charge in [-0.15, -0.1) is 0 Å². The second kappa shape index (κ2) is 4.13. The van der Waals surface area contributed by atoms with E-state index in [1.807, 2.05) is 0 Å². The van der Waals surface area contributed by atoms with Crippen molar-refractivity contribution >= 4 is 6.08 Å². The molecule has 0 radical (unpaired) electrons. The van der Waals surface area contributed by atoms with Gasteiger partial charge in [-0.25, -0.2) is 0 Å². The largest absolute Gasteiger partial charge is 0.504 e. The van der Waals surface area contributed by atoms with Crippen LogP contribution in [0.5, 0.6) is 0 Å². The summed E-state index contributed by atoms with van der Waals surface area (Å²) < 4.78 is 40.8. The van der Waals surface area contributed by atoms with Gasteiger partial charge in [0.05, 0.1) is 13.4 Å². The molecule has 14 heavy (non-hydrogen) atoms. The Morgan fingerprint density at radius 3 is 2.50 bits per heavy atom. The van der Waals surface area contributed by atoms with E-state index in [0.29, 0.717) is 5.56 Å². The van der Waals surface area contributed by atoms with Crippen molar-refractivity contribution in [3.8, 4) is 0 Å². The number of alkyl halides is 3. The molecule has 0 bridgehead atoms. The van der Waals surface area contributed by atoms with E-state index in [1.165, 1.54) is 25.5 Å². The van der Waals surface area contributed by atoms with Crippen molar-refractivity contribution in [1.29, 1.82) is 0 Å². The van der Waals surface area contributed by atoms with Crippen molar-refractivity contribution in [2.45, 2.75) is 6.18 Å². The van der Waals surface area contributed by atoms with Crippen molar-refractivity contribution in [1.82, 2.24) is 4.98 Å². The molecule has 0 aliphatic rings. The topological polar surface area (TPSA) is 22.1 Å². The molecule has 1 aromatic rings. The van der Waals surface area contributed by atoms with E-state index in [-0.39, 0.29) is 0 Å². The lowest BCUT2D eigenvalue weighted by molar-refractivity contribution is -0.141. The number of nitrogens with zero attached hydrogens (tertiary/aromatic N) is 1. The fourth-order valence-corrected chi connectivity index (χ4v) is 0.818. The Labute approximate surface area is 79.0 Å². The van der Waals surface area contributed by atoms with Gasteiger partial charge in [-0.3, -0.25) is 4.98 Å². The summed E-state index contributed by atoms with van der Waals surface area (Å²) in [4.78, 5) is 3.27. The molecule has 0 fully saturated rings. The number of methoxy groups -OCH3 is 1. The van der Waals surface area contributed by atoms with Crippen LogP contribution in [0.1, 0.15) is 11.3 Å². The van der Waals surface area contributed by atoms with Crippen LogP contribution in [0.2, 0.25) is 0 Å². The molecule has 0 aliphatic carbocycles. The lowest BCUT2D eigenvalue weighted by atomic mass is 10.2. The monoisotopic (exact) mass is 203 g/mol. The summed E-state index contributed by atoms with van der Waals surface area (Å²) in [5, 5.41) is 0. The third-order valence-corrected chi connectivity index (χ3v) is 1.47. The van der Waals surface area contributed by atoms with Crippen molar-refractivity contribution in [2.75, 3.05) is 7.11 Å². The molecule has 2 nitrogen and oxygen atoms in total. The number of pyridine rings is 1. The Bertz CT molecular complexity index is 316. The Kier molecular flexibility index (Phi) is 3.11. The Morgan fingerprint density at radius 1 is 1.36 bits per heavy atom. The van der Waals surface area contributed by atoms with Crippen LogP contribution in [0.15, 0.2) is 24.6 Å². The van der Waals surface area contributed by atoms with Gasteiger partial charge in [-0.05, 0) is 17.7 Å². The van der Waals surface area contributed by atoms with E-state index >= 15 is 0 Å². The quantitative estimate of drug-likeness (QED) is 0.689. The summed E-state index contributed by atoms with van der Waals surface area (Å²) >= 11 is 0. The molecule has 1 aromatic heterocycles. The van der Waals surface area contributed by atoms with E-state index in [9.17, 15) is 13.2 Å². The van der Waals surface area contributed by atoms with Crippen LogP contribution < -0.4 is 0 Å². The number of hydrogen-bond donors (Lipinski definition) is 0. The highest BCUT2D eigenvalue weighted by molar-refractivity contribution is 5.46. The summed E-state index contributed by atoms with van der Waals surface area (Å²) in [6, 6.07) is 2.25. The molecule has 0 spiro atoms. The number of rotatable bonds is 2. The van der Waals surface area contributed by atoms with Gasteiger partial charge in [-0.1, -0.05) is 6.07 Å². The number of ether oxygens (including phenoxy) is 1. The van der Waals surface area contributed by atoms with Crippen molar-refractivity contribution in [3.05, 3.63) is 35.8 Å². The van der Waals surface area contributed by atoms with Crippen LogP contribution >= 0.6 is 0 Å². The molecule has 0 saturated carbocycles. The highest BCUT2D eigenvalue weighted by Gasteiger charge is 2.31. The third-order valence-electron chi connectivity index (χ3n) is 1.47. The number of halogens is 3. The van der Waals surface area contributed by atoms with Gasteiger partial charge >= 0.3 is 6.18 Å². The molecule has 5 heteroatoms. The van der Waals surface area contributed by atoms with Crippen LogP contribution in [0, 0.1) is 0 Å². The zero-order chi connectivity index (χ0) is 10.6. The maximum absolute atomic E-state index is 12.1. The summed E-state index contributed by atoms with van der Waals surface area (Å²) in [6.45, 7) is 0. The maximum atomic E-state index is 12.1. The molecule has 0 aliphatic heterocycles. The number of hydrogen-bond acceptors (Lipinski definition) is 2. The fraction of sp³-hybridized carbons (Fsp3) is 0.222. The molecule has 0 atom stereocenters. The van der Waals surface area contributed by atoms with Gasteiger partial charge in [0.2, 0.25) is 0 Å². The highest BCUT2D eigenvalue weighted by atomic mass is 19.4. The average molecular weight is 203 g/mol.